The van der Waals surface area contributed by atoms with Gasteiger partial charge in [-0.05, 0) is 66.8 Å². The van der Waals surface area contributed by atoms with Crippen molar-refractivity contribution in [3.05, 3.63) is 54.2 Å². The third-order valence-electron chi connectivity index (χ3n) is 6.92. The van der Waals surface area contributed by atoms with E-state index < -0.39 is 0 Å². The first-order chi connectivity index (χ1) is 18.6. The number of ether oxygens (including phenoxy) is 3. The van der Waals surface area contributed by atoms with Crippen molar-refractivity contribution in [2.75, 3.05) is 38.8 Å². The van der Waals surface area contributed by atoms with Crippen LogP contribution in [0, 0.1) is 17.2 Å². The fourth-order valence-electron chi connectivity index (χ4n) is 4.95. The summed E-state index contributed by atoms with van der Waals surface area (Å²) >= 11 is 1.37. The van der Waals surface area contributed by atoms with Gasteiger partial charge < -0.3 is 23.5 Å². The maximum absolute atomic E-state index is 9.07. The Labute approximate surface area is 223 Å². The Bertz CT molecular complexity index is 1580. The van der Waals surface area contributed by atoms with Crippen molar-refractivity contribution < 1.29 is 18.6 Å². The summed E-state index contributed by atoms with van der Waals surface area (Å²) < 4.78 is 24.8. The summed E-state index contributed by atoms with van der Waals surface area (Å²) in [7, 11) is 3.23. The Kier molecular flexibility index (Phi) is 6.52. The number of imidazole rings is 1. The number of hydrogen-bond donors (Lipinski definition) is 0. The molecule has 5 aromatic rings. The summed E-state index contributed by atoms with van der Waals surface area (Å²) in [5, 5.41) is 14.8. The number of aromatic nitrogens is 3. The van der Waals surface area contributed by atoms with Crippen LogP contribution in [0.15, 0.2) is 53.1 Å². The number of furan rings is 1. The summed E-state index contributed by atoms with van der Waals surface area (Å²) in [5.74, 6) is 2.58. The minimum absolute atomic E-state index is 0.531. The molecule has 1 fully saturated rings. The van der Waals surface area contributed by atoms with E-state index in [4.69, 9.17) is 23.9 Å². The van der Waals surface area contributed by atoms with Gasteiger partial charge in [-0.15, -0.1) is 5.10 Å². The van der Waals surface area contributed by atoms with E-state index in [2.05, 4.69) is 21.1 Å². The summed E-state index contributed by atoms with van der Waals surface area (Å²) in [6, 6.07) is 15.8. The molecule has 4 heterocycles. The van der Waals surface area contributed by atoms with Gasteiger partial charge in [0.1, 0.15) is 22.8 Å². The monoisotopic (exact) mass is 529 g/mol. The van der Waals surface area contributed by atoms with Crippen molar-refractivity contribution in [1.29, 1.82) is 5.26 Å². The van der Waals surface area contributed by atoms with E-state index in [1.807, 2.05) is 48.7 Å². The van der Waals surface area contributed by atoms with Gasteiger partial charge in [0.15, 0.2) is 5.76 Å². The SMILES string of the molecule is COc1cc(OCC[C@@H]2CCCN(c3ccc(C#N)cc3)C2)c2cc(-c3cn4nc(OC)sc4n3)oc2c1. The molecular formula is C28H27N5O4S. The van der Waals surface area contributed by atoms with Crippen molar-refractivity contribution in [3.8, 4) is 34.2 Å². The first-order valence-corrected chi connectivity index (χ1v) is 13.3. The van der Waals surface area contributed by atoms with Crippen LogP contribution in [0.3, 0.4) is 0 Å². The highest BCUT2D eigenvalue weighted by molar-refractivity contribution is 7.18. The maximum atomic E-state index is 9.07. The first-order valence-electron chi connectivity index (χ1n) is 12.5. The van der Waals surface area contributed by atoms with Gasteiger partial charge in [-0.3, -0.25) is 0 Å². The standard InChI is InChI=1S/C28H27N5O4S/c1-34-21-12-24(36-11-9-19-4-3-10-32(16-19)20-7-5-18(15-29)6-8-20)22-14-26(37-25(22)13-21)23-17-33-27(30-23)38-28(31-33)35-2/h5-8,12-14,17,19H,3-4,9-11,16H2,1-2H3/t19-/m0/s1. The van der Waals surface area contributed by atoms with Gasteiger partial charge in [-0.2, -0.15) is 5.26 Å². The molecule has 1 atom stereocenters. The summed E-state index contributed by atoms with van der Waals surface area (Å²) in [4.78, 5) is 7.77. The van der Waals surface area contributed by atoms with Crippen LogP contribution in [0.25, 0.3) is 27.4 Å². The van der Waals surface area contributed by atoms with Gasteiger partial charge in [0.25, 0.3) is 5.19 Å². The molecular weight excluding hydrogens is 502 g/mol. The lowest BCUT2D eigenvalue weighted by atomic mass is 9.94. The van der Waals surface area contributed by atoms with E-state index in [0.29, 0.717) is 46.1 Å². The molecule has 38 heavy (non-hydrogen) atoms. The molecule has 0 saturated carbocycles. The van der Waals surface area contributed by atoms with Crippen LogP contribution >= 0.6 is 11.3 Å². The second-order valence-corrected chi connectivity index (χ2v) is 10.2. The van der Waals surface area contributed by atoms with Crippen LogP contribution in [-0.4, -0.2) is 48.5 Å². The van der Waals surface area contributed by atoms with Gasteiger partial charge in [-0.25, -0.2) is 9.50 Å². The molecule has 0 unspecified atom stereocenters. The Hall–Kier alpha value is -4.23. The number of methoxy groups -OCH3 is 2. The number of hydrogen-bond acceptors (Lipinski definition) is 9. The Morgan fingerprint density at radius 1 is 1.16 bits per heavy atom. The van der Waals surface area contributed by atoms with Gasteiger partial charge in [0.2, 0.25) is 4.96 Å². The Morgan fingerprint density at radius 2 is 2.03 bits per heavy atom. The molecule has 10 heteroatoms. The number of piperidine rings is 1. The highest BCUT2D eigenvalue weighted by Gasteiger charge is 2.21. The number of nitriles is 1. The van der Waals surface area contributed by atoms with Crippen molar-refractivity contribution in [3.63, 3.8) is 0 Å². The Morgan fingerprint density at radius 3 is 2.79 bits per heavy atom. The quantitative estimate of drug-likeness (QED) is 0.250. The van der Waals surface area contributed by atoms with E-state index >= 15 is 0 Å². The van der Waals surface area contributed by atoms with Gasteiger partial charge in [-0.1, -0.05) is 0 Å². The lowest BCUT2D eigenvalue weighted by Crippen LogP contribution is -2.35. The molecule has 3 aromatic heterocycles. The first kappa shape index (κ1) is 24.1. The molecule has 0 radical (unpaired) electrons. The highest BCUT2D eigenvalue weighted by Crippen LogP contribution is 2.37. The van der Waals surface area contributed by atoms with Gasteiger partial charge >= 0.3 is 0 Å². The number of nitrogens with zero attached hydrogens (tertiary/aromatic N) is 5. The second-order valence-electron chi connectivity index (χ2n) is 9.32. The van der Waals surface area contributed by atoms with E-state index in [0.717, 1.165) is 42.0 Å². The highest BCUT2D eigenvalue weighted by atomic mass is 32.1. The minimum Gasteiger partial charge on any atom is -0.496 e. The fraction of sp³-hybridized carbons (Fsp3) is 0.321. The smallest absolute Gasteiger partial charge is 0.294 e. The summed E-state index contributed by atoms with van der Waals surface area (Å²) in [5.41, 5.74) is 3.23. The van der Waals surface area contributed by atoms with Crippen LogP contribution in [-0.2, 0) is 0 Å². The van der Waals surface area contributed by atoms with Crippen molar-refractivity contribution in [1.82, 2.24) is 14.6 Å². The van der Waals surface area contributed by atoms with Crippen LogP contribution < -0.4 is 19.1 Å². The van der Waals surface area contributed by atoms with Crippen LogP contribution in [0.5, 0.6) is 16.7 Å². The molecule has 1 aliphatic heterocycles. The normalized spacial score (nSPS) is 15.6. The number of benzene rings is 2. The molecule has 6 rings (SSSR count). The Balaban J connectivity index is 1.16. The molecule has 0 N–H and O–H groups in total. The zero-order chi connectivity index (χ0) is 26.1. The van der Waals surface area contributed by atoms with Crippen LogP contribution in [0.2, 0.25) is 0 Å². The molecule has 0 spiro atoms. The topological polar surface area (TPSA) is 98.1 Å². The van der Waals surface area contributed by atoms with Crippen molar-refractivity contribution in [2.45, 2.75) is 19.3 Å². The third kappa shape index (κ3) is 4.73. The summed E-state index contributed by atoms with van der Waals surface area (Å²) in [6.07, 6.45) is 5.09. The molecule has 0 amide bonds. The molecule has 0 aliphatic carbocycles. The van der Waals surface area contributed by atoms with Crippen molar-refractivity contribution in [2.24, 2.45) is 5.92 Å². The lowest BCUT2D eigenvalue weighted by Gasteiger charge is -2.34. The van der Waals surface area contributed by atoms with E-state index in [1.54, 1.807) is 18.7 Å². The molecule has 1 saturated heterocycles. The molecule has 194 valence electrons. The van der Waals surface area contributed by atoms with E-state index in [9.17, 15) is 0 Å². The zero-order valence-corrected chi connectivity index (χ0v) is 22.0. The fourth-order valence-corrected chi connectivity index (χ4v) is 5.65. The molecule has 0 bridgehead atoms. The van der Waals surface area contributed by atoms with Gasteiger partial charge in [0, 0.05) is 30.9 Å². The average Bonchev–Trinajstić information content (AvgIpc) is 3.66. The van der Waals surface area contributed by atoms with Crippen LogP contribution in [0.4, 0.5) is 5.69 Å². The van der Waals surface area contributed by atoms with Crippen LogP contribution in [0.1, 0.15) is 24.8 Å². The van der Waals surface area contributed by atoms with E-state index in [1.165, 1.54) is 23.4 Å². The summed E-state index contributed by atoms with van der Waals surface area (Å²) in [6.45, 7) is 2.61. The largest absolute Gasteiger partial charge is 0.496 e. The predicted molar refractivity (Wildman–Crippen MR) is 145 cm³/mol. The number of rotatable bonds is 8. The molecule has 2 aromatic carbocycles. The zero-order valence-electron chi connectivity index (χ0n) is 21.2. The lowest BCUT2D eigenvalue weighted by molar-refractivity contribution is 0.264. The number of anilines is 1. The predicted octanol–water partition coefficient (Wildman–Crippen LogP) is 5.78. The van der Waals surface area contributed by atoms with Gasteiger partial charge in [0.05, 0.1) is 44.0 Å². The third-order valence-corrected chi connectivity index (χ3v) is 7.81. The minimum atomic E-state index is 0.531. The second kappa shape index (κ2) is 10.3. The number of fused-ring (bicyclic) bond motifs is 2. The average molecular weight is 530 g/mol. The van der Waals surface area contributed by atoms with Crippen molar-refractivity contribution >= 4 is 33.0 Å². The molecule has 1 aliphatic rings. The molecule has 9 nitrogen and oxygen atoms in total. The van der Waals surface area contributed by atoms with E-state index in [-0.39, 0.29) is 0 Å². The maximum Gasteiger partial charge on any atom is 0.294 e.